The number of nitrogens with one attached hydrogen (secondary N) is 1. The Kier molecular flexibility index (Phi) is 7.61. The van der Waals surface area contributed by atoms with E-state index in [0.29, 0.717) is 18.5 Å². The molecule has 6 heteroatoms. The van der Waals surface area contributed by atoms with Crippen molar-refractivity contribution in [1.29, 1.82) is 0 Å². The van der Waals surface area contributed by atoms with Crippen molar-refractivity contribution < 1.29 is 0 Å². The number of nitrogens with zero attached hydrogens (tertiary/aromatic N) is 4. The molecule has 2 aromatic heterocycles. The van der Waals surface area contributed by atoms with Gasteiger partial charge in [-0.2, -0.15) is 0 Å². The second kappa shape index (κ2) is 11.2. The normalized spacial score (nSPS) is 18.8. The average molecular weight is 483 g/mol. The van der Waals surface area contributed by atoms with Crippen molar-refractivity contribution in [2.24, 2.45) is 11.7 Å². The Morgan fingerprint density at radius 1 is 0.917 bits per heavy atom. The Morgan fingerprint density at radius 3 is 2.44 bits per heavy atom. The van der Waals surface area contributed by atoms with Crippen LogP contribution in [0, 0.1) is 5.92 Å². The maximum Gasteiger partial charge on any atom is 0.166 e. The summed E-state index contributed by atoms with van der Waals surface area (Å²) in [6, 6.07) is 19.8. The van der Waals surface area contributed by atoms with Gasteiger partial charge in [-0.25, -0.2) is 15.0 Å². The Balaban J connectivity index is 1.36. The maximum absolute atomic E-state index is 6.28. The first kappa shape index (κ1) is 24.4. The predicted octanol–water partition coefficient (Wildman–Crippen LogP) is 6.53. The zero-order chi connectivity index (χ0) is 24.9. The molecule has 1 aliphatic rings. The molecule has 0 saturated heterocycles. The first-order chi connectivity index (χ1) is 17.6. The molecule has 2 atom stereocenters. The van der Waals surface area contributed by atoms with Crippen LogP contribution in [0.15, 0.2) is 60.9 Å². The largest absolute Gasteiger partial charge is 0.364 e. The van der Waals surface area contributed by atoms with Gasteiger partial charge in [0.1, 0.15) is 11.3 Å². The third-order valence-electron chi connectivity index (χ3n) is 7.40. The standard InChI is InChI=1S/C30H38N6/c1-21(2)36-20-33-28-29(32-19-23-12-15-25(16-13-23)24-9-4-3-5-10-24)34-27(35-30(28)36)18-22-8-6-7-11-26(31)17-14-22/h3-5,9-10,12-13,15-16,20-22,26H,6-8,11,14,17-19,31H2,1-2H3,(H,32,34,35). The van der Waals surface area contributed by atoms with E-state index in [1.165, 1.54) is 36.0 Å². The van der Waals surface area contributed by atoms with E-state index in [-0.39, 0.29) is 6.04 Å². The molecule has 4 aromatic rings. The molecule has 0 aliphatic heterocycles. The summed E-state index contributed by atoms with van der Waals surface area (Å²) < 4.78 is 2.15. The molecule has 2 unspecified atom stereocenters. The summed E-state index contributed by atoms with van der Waals surface area (Å²) in [6.07, 6.45) is 9.90. The molecule has 36 heavy (non-hydrogen) atoms. The minimum atomic E-state index is 0.288. The average Bonchev–Trinajstić information content (AvgIpc) is 3.32. The number of anilines is 1. The lowest BCUT2D eigenvalue weighted by Gasteiger charge is -2.22. The highest BCUT2D eigenvalue weighted by molar-refractivity contribution is 5.83. The SMILES string of the molecule is CC(C)n1cnc2c(NCc3ccc(-c4ccccc4)cc3)nc(CC3CCCCC(N)CC3)nc21. The van der Waals surface area contributed by atoms with Crippen molar-refractivity contribution in [1.82, 2.24) is 19.5 Å². The van der Waals surface area contributed by atoms with E-state index in [1.54, 1.807) is 0 Å². The molecule has 2 aromatic carbocycles. The van der Waals surface area contributed by atoms with E-state index in [2.05, 4.69) is 72.3 Å². The Labute approximate surface area is 214 Å². The van der Waals surface area contributed by atoms with E-state index >= 15 is 0 Å². The molecular weight excluding hydrogens is 444 g/mol. The molecule has 0 amide bonds. The van der Waals surface area contributed by atoms with E-state index < -0.39 is 0 Å². The van der Waals surface area contributed by atoms with Crippen molar-refractivity contribution >= 4 is 17.0 Å². The maximum atomic E-state index is 6.28. The predicted molar refractivity (Wildman–Crippen MR) is 148 cm³/mol. The first-order valence-electron chi connectivity index (χ1n) is 13.4. The number of aromatic nitrogens is 4. The third-order valence-corrected chi connectivity index (χ3v) is 7.40. The van der Waals surface area contributed by atoms with Gasteiger partial charge in [-0.1, -0.05) is 73.9 Å². The Bertz CT molecular complexity index is 1260. The molecule has 1 aliphatic carbocycles. The summed E-state index contributed by atoms with van der Waals surface area (Å²) in [5.74, 6) is 2.32. The van der Waals surface area contributed by atoms with Gasteiger partial charge in [-0.15, -0.1) is 0 Å². The van der Waals surface area contributed by atoms with Gasteiger partial charge in [0.05, 0.1) is 6.33 Å². The van der Waals surface area contributed by atoms with Crippen molar-refractivity contribution in [3.63, 3.8) is 0 Å². The van der Waals surface area contributed by atoms with Crippen LogP contribution >= 0.6 is 0 Å². The number of imidazole rings is 1. The van der Waals surface area contributed by atoms with Crippen LogP contribution in [0.25, 0.3) is 22.3 Å². The number of fused-ring (bicyclic) bond motifs is 1. The van der Waals surface area contributed by atoms with Gasteiger partial charge in [-0.3, -0.25) is 0 Å². The molecule has 0 bridgehead atoms. The van der Waals surface area contributed by atoms with Gasteiger partial charge >= 0.3 is 0 Å². The third kappa shape index (κ3) is 5.76. The second-order valence-electron chi connectivity index (χ2n) is 10.5. The van der Waals surface area contributed by atoms with E-state index in [9.17, 15) is 0 Å². The van der Waals surface area contributed by atoms with Crippen LogP contribution in [0.3, 0.4) is 0 Å². The quantitative estimate of drug-likeness (QED) is 0.313. The van der Waals surface area contributed by atoms with Crippen LogP contribution in [0.4, 0.5) is 5.82 Å². The lowest BCUT2D eigenvalue weighted by atomic mass is 9.87. The van der Waals surface area contributed by atoms with Gasteiger partial charge in [0.25, 0.3) is 0 Å². The highest BCUT2D eigenvalue weighted by Crippen LogP contribution is 2.28. The summed E-state index contributed by atoms with van der Waals surface area (Å²) in [4.78, 5) is 14.7. The molecule has 6 nitrogen and oxygen atoms in total. The highest BCUT2D eigenvalue weighted by atomic mass is 15.2. The van der Waals surface area contributed by atoms with Crippen molar-refractivity contribution in [3.8, 4) is 11.1 Å². The van der Waals surface area contributed by atoms with Crippen LogP contribution in [0.5, 0.6) is 0 Å². The topological polar surface area (TPSA) is 81.7 Å². The summed E-state index contributed by atoms with van der Waals surface area (Å²) >= 11 is 0. The number of hydrogen-bond acceptors (Lipinski definition) is 5. The molecule has 0 radical (unpaired) electrons. The van der Waals surface area contributed by atoms with Crippen molar-refractivity contribution in [2.45, 2.75) is 77.4 Å². The minimum Gasteiger partial charge on any atom is -0.364 e. The van der Waals surface area contributed by atoms with Gasteiger partial charge in [0, 0.05) is 25.0 Å². The molecule has 5 rings (SSSR count). The summed E-state index contributed by atoms with van der Waals surface area (Å²) in [7, 11) is 0. The number of hydrogen-bond donors (Lipinski definition) is 2. The van der Waals surface area contributed by atoms with Gasteiger partial charge in [0.2, 0.25) is 0 Å². The molecule has 188 valence electrons. The summed E-state index contributed by atoms with van der Waals surface area (Å²) in [6.45, 7) is 5.02. The van der Waals surface area contributed by atoms with Gasteiger partial charge < -0.3 is 15.6 Å². The molecule has 1 saturated carbocycles. The number of rotatable bonds is 7. The monoisotopic (exact) mass is 482 g/mol. The lowest BCUT2D eigenvalue weighted by molar-refractivity contribution is 0.349. The Hall–Kier alpha value is -3.25. The van der Waals surface area contributed by atoms with E-state index in [4.69, 9.17) is 20.7 Å². The Morgan fingerprint density at radius 2 is 1.67 bits per heavy atom. The van der Waals surface area contributed by atoms with Crippen LogP contribution < -0.4 is 11.1 Å². The van der Waals surface area contributed by atoms with Crippen LogP contribution in [-0.4, -0.2) is 25.6 Å². The van der Waals surface area contributed by atoms with Crippen molar-refractivity contribution in [2.75, 3.05) is 5.32 Å². The highest BCUT2D eigenvalue weighted by Gasteiger charge is 2.20. The number of nitrogens with two attached hydrogens (primary N) is 1. The molecule has 3 N–H and O–H groups in total. The summed E-state index contributed by atoms with van der Waals surface area (Å²) in [5, 5.41) is 3.58. The van der Waals surface area contributed by atoms with Crippen LogP contribution in [0.2, 0.25) is 0 Å². The molecule has 2 heterocycles. The van der Waals surface area contributed by atoms with Gasteiger partial charge in [0.15, 0.2) is 11.5 Å². The van der Waals surface area contributed by atoms with E-state index in [0.717, 1.165) is 48.5 Å². The van der Waals surface area contributed by atoms with Crippen molar-refractivity contribution in [3.05, 3.63) is 72.3 Å². The summed E-state index contributed by atoms with van der Waals surface area (Å²) in [5.41, 5.74) is 11.7. The fourth-order valence-electron chi connectivity index (χ4n) is 5.23. The van der Waals surface area contributed by atoms with Crippen LogP contribution in [-0.2, 0) is 13.0 Å². The smallest absolute Gasteiger partial charge is 0.166 e. The first-order valence-corrected chi connectivity index (χ1v) is 13.4. The number of benzene rings is 2. The molecular formula is C30H38N6. The van der Waals surface area contributed by atoms with Crippen LogP contribution in [0.1, 0.15) is 69.8 Å². The minimum absolute atomic E-state index is 0.288. The fraction of sp³-hybridized carbons (Fsp3) is 0.433. The van der Waals surface area contributed by atoms with E-state index in [1.807, 2.05) is 12.4 Å². The molecule has 0 spiro atoms. The molecule has 1 fully saturated rings. The zero-order valence-corrected chi connectivity index (χ0v) is 21.5. The van der Waals surface area contributed by atoms with Gasteiger partial charge in [-0.05, 0) is 55.7 Å². The fourth-order valence-corrected chi connectivity index (χ4v) is 5.23. The lowest BCUT2D eigenvalue weighted by Crippen LogP contribution is -2.23. The zero-order valence-electron chi connectivity index (χ0n) is 21.5. The second-order valence-corrected chi connectivity index (χ2v) is 10.5.